The van der Waals surface area contributed by atoms with Crippen molar-refractivity contribution >= 4 is 11.0 Å². The van der Waals surface area contributed by atoms with E-state index in [0.29, 0.717) is 0 Å². The maximum atomic E-state index is 4.69. The van der Waals surface area contributed by atoms with E-state index in [2.05, 4.69) is 36.3 Å². The predicted molar refractivity (Wildman–Crippen MR) is 65.6 cm³/mol. The van der Waals surface area contributed by atoms with E-state index < -0.39 is 0 Å². The number of aromatic amines is 1. The molecule has 0 bridgehead atoms. The summed E-state index contributed by atoms with van der Waals surface area (Å²) in [6.45, 7) is 6.53. The Morgan fingerprint density at radius 3 is 2.81 bits per heavy atom. The van der Waals surface area contributed by atoms with Crippen molar-refractivity contribution in [1.82, 2.24) is 15.3 Å². The zero-order valence-electron chi connectivity index (χ0n) is 9.80. The minimum Gasteiger partial charge on any atom is -0.342 e. The Hall–Kier alpha value is -1.35. The van der Waals surface area contributed by atoms with E-state index in [1.165, 1.54) is 16.6 Å². The molecule has 3 rings (SSSR count). The molecule has 0 unspecified atom stereocenters. The number of aromatic nitrogens is 2. The third kappa shape index (κ3) is 1.61. The zero-order valence-corrected chi connectivity index (χ0v) is 9.80. The molecule has 0 aliphatic carbocycles. The van der Waals surface area contributed by atoms with Gasteiger partial charge in [0.25, 0.3) is 0 Å². The smallest absolute Gasteiger partial charge is 0.107 e. The molecule has 1 saturated heterocycles. The van der Waals surface area contributed by atoms with E-state index in [0.717, 1.165) is 36.8 Å². The van der Waals surface area contributed by atoms with E-state index >= 15 is 0 Å². The number of nitrogens with one attached hydrogen (secondary N) is 2. The van der Waals surface area contributed by atoms with Crippen molar-refractivity contribution in [3.05, 3.63) is 29.1 Å². The van der Waals surface area contributed by atoms with Crippen molar-refractivity contribution in [3.63, 3.8) is 0 Å². The number of aryl methyl sites for hydroxylation is 2. The molecule has 1 aromatic carbocycles. The summed E-state index contributed by atoms with van der Waals surface area (Å²) in [4.78, 5) is 8.13. The molecular weight excluding hydrogens is 198 g/mol. The van der Waals surface area contributed by atoms with Crippen LogP contribution in [-0.4, -0.2) is 23.1 Å². The second-order valence-electron chi connectivity index (χ2n) is 4.89. The monoisotopic (exact) mass is 215 g/mol. The largest absolute Gasteiger partial charge is 0.342 e. The molecule has 0 radical (unpaired) electrons. The van der Waals surface area contributed by atoms with Gasteiger partial charge in [0.1, 0.15) is 5.82 Å². The van der Waals surface area contributed by atoms with Gasteiger partial charge in [0.2, 0.25) is 0 Å². The van der Waals surface area contributed by atoms with Crippen molar-refractivity contribution < 1.29 is 0 Å². The van der Waals surface area contributed by atoms with Crippen LogP contribution in [0.4, 0.5) is 0 Å². The first-order valence-electron chi connectivity index (χ1n) is 5.89. The van der Waals surface area contributed by atoms with Crippen LogP contribution < -0.4 is 5.32 Å². The van der Waals surface area contributed by atoms with Crippen LogP contribution in [0.2, 0.25) is 0 Å². The molecule has 16 heavy (non-hydrogen) atoms. The minimum absolute atomic E-state index is 0.766. The fraction of sp³-hybridized carbons (Fsp3) is 0.462. The number of hydrogen-bond acceptors (Lipinski definition) is 2. The molecule has 1 aliphatic heterocycles. The number of benzene rings is 1. The second kappa shape index (κ2) is 3.59. The van der Waals surface area contributed by atoms with Gasteiger partial charge in [-0.25, -0.2) is 4.98 Å². The first kappa shape index (κ1) is 9.85. The van der Waals surface area contributed by atoms with Crippen LogP contribution in [0.5, 0.6) is 0 Å². The number of fused-ring (bicyclic) bond motifs is 1. The number of rotatable bonds is 2. The van der Waals surface area contributed by atoms with E-state index in [1.807, 2.05) is 0 Å². The Bertz CT molecular complexity index is 523. The number of nitrogens with zero attached hydrogens (tertiary/aromatic N) is 1. The van der Waals surface area contributed by atoms with Gasteiger partial charge >= 0.3 is 0 Å². The molecule has 1 aromatic heterocycles. The molecule has 1 aliphatic rings. The molecule has 0 atom stereocenters. The Balaban J connectivity index is 1.98. The molecule has 2 heterocycles. The van der Waals surface area contributed by atoms with Crippen molar-refractivity contribution in [1.29, 1.82) is 0 Å². The molecular formula is C13H17N3. The van der Waals surface area contributed by atoms with Crippen molar-refractivity contribution in [2.75, 3.05) is 13.1 Å². The summed E-state index contributed by atoms with van der Waals surface area (Å²) in [5, 5.41) is 3.29. The lowest BCUT2D eigenvalue weighted by Gasteiger charge is -2.25. The summed E-state index contributed by atoms with van der Waals surface area (Å²) in [6, 6.07) is 4.37. The van der Waals surface area contributed by atoms with Crippen molar-refractivity contribution in [2.45, 2.75) is 20.3 Å². The van der Waals surface area contributed by atoms with Crippen LogP contribution in [-0.2, 0) is 6.42 Å². The summed E-state index contributed by atoms with van der Waals surface area (Å²) in [6.07, 6.45) is 1.07. The molecule has 3 heteroatoms. The van der Waals surface area contributed by atoms with Gasteiger partial charge in [-0.2, -0.15) is 0 Å². The molecule has 0 spiro atoms. The Morgan fingerprint density at radius 1 is 1.31 bits per heavy atom. The second-order valence-corrected chi connectivity index (χ2v) is 4.89. The van der Waals surface area contributed by atoms with Gasteiger partial charge in [0.05, 0.1) is 11.0 Å². The fourth-order valence-electron chi connectivity index (χ4n) is 2.38. The SMILES string of the molecule is Cc1cc(C)c2nc(CC3CNC3)[nH]c2c1. The minimum atomic E-state index is 0.766. The topological polar surface area (TPSA) is 40.7 Å². The lowest BCUT2D eigenvalue weighted by atomic mass is 9.99. The first-order chi connectivity index (χ1) is 7.72. The van der Waals surface area contributed by atoms with Gasteiger partial charge in [-0.1, -0.05) is 6.07 Å². The van der Waals surface area contributed by atoms with Crippen LogP contribution in [0.15, 0.2) is 12.1 Å². The van der Waals surface area contributed by atoms with Crippen LogP contribution in [0, 0.1) is 19.8 Å². The standard InChI is InChI=1S/C13H17N3/c1-8-3-9(2)13-11(4-8)15-12(16-13)5-10-6-14-7-10/h3-4,10,14H,5-7H2,1-2H3,(H,15,16). The number of H-pyrrole nitrogens is 1. The third-order valence-electron chi connectivity index (χ3n) is 3.32. The lowest BCUT2D eigenvalue weighted by molar-refractivity contribution is 0.342. The highest BCUT2D eigenvalue weighted by Gasteiger charge is 2.18. The van der Waals surface area contributed by atoms with Gasteiger partial charge in [0, 0.05) is 6.42 Å². The maximum absolute atomic E-state index is 4.69. The van der Waals surface area contributed by atoms with Gasteiger partial charge in [-0.15, -0.1) is 0 Å². The molecule has 0 amide bonds. The molecule has 0 saturated carbocycles. The average Bonchev–Trinajstić information content (AvgIpc) is 2.54. The summed E-state index contributed by atoms with van der Waals surface area (Å²) in [5.41, 5.74) is 4.88. The number of hydrogen-bond donors (Lipinski definition) is 2. The number of imidazole rings is 1. The molecule has 1 fully saturated rings. The molecule has 84 valence electrons. The predicted octanol–water partition coefficient (Wildman–Crippen LogP) is 1.94. The highest BCUT2D eigenvalue weighted by molar-refractivity contribution is 5.79. The summed E-state index contributed by atoms with van der Waals surface area (Å²) in [7, 11) is 0. The van der Waals surface area contributed by atoms with Crippen molar-refractivity contribution in [3.8, 4) is 0 Å². The van der Waals surface area contributed by atoms with E-state index in [-0.39, 0.29) is 0 Å². The summed E-state index contributed by atoms with van der Waals surface area (Å²) < 4.78 is 0. The van der Waals surface area contributed by atoms with Crippen LogP contribution in [0.1, 0.15) is 17.0 Å². The highest BCUT2D eigenvalue weighted by atomic mass is 15.0. The maximum Gasteiger partial charge on any atom is 0.107 e. The summed E-state index contributed by atoms with van der Waals surface area (Å²) in [5.74, 6) is 1.90. The molecule has 2 N–H and O–H groups in total. The van der Waals surface area contributed by atoms with Crippen molar-refractivity contribution in [2.24, 2.45) is 5.92 Å². The first-order valence-corrected chi connectivity index (χ1v) is 5.89. The van der Waals surface area contributed by atoms with E-state index in [4.69, 9.17) is 4.98 Å². The quantitative estimate of drug-likeness (QED) is 0.803. The summed E-state index contributed by atoms with van der Waals surface area (Å²) >= 11 is 0. The molecule has 3 nitrogen and oxygen atoms in total. The zero-order chi connectivity index (χ0) is 11.1. The van der Waals surface area contributed by atoms with Gasteiger partial charge < -0.3 is 10.3 Å². The van der Waals surface area contributed by atoms with E-state index in [1.54, 1.807) is 0 Å². The normalized spacial score (nSPS) is 16.6. The van der Waals surface area contributed by atoms with Gasteiger partial charge in [-0.05, 0) is 50.0 Å². The van der Waals surface area contributed by atoms with Crippen LogP contribution in [0.25, 0.3) is 11.0 Å². The third-order valence-corrected chi connectivity index (χ3v) is 3.32. The Kier molecular flexibility index (Phi) is 2.21. The Morgan fingerprint density at radius 2 is 2.12 bits per heavy atom. The van der Waals surface area contributed by atoms with Crippen LogP contribution in [0.3, 0.4) is 0 Å². The average molecular weight is 215 g/mol. The lowest BCUT2D eigenvalue weighted by Crippen LogP contribution is -2.43. The van der Waals surface area contributed by atoms with E-state index in [9.17, 15) is 0 Å². The fourth-order valence-corrected chi connectivity index (χ4v) is 2.38. The van der Waals surface area contributed by atoms with Gasteiger partial charge in [0.15, 0.2) is 0 Å². The Labute approximate surface area is 95.3 Å². The highest BCUT2D eigenvalue weighted by Crippen LogP contribution is 2.20. The molecule has 2 aromatic rings. The van der Waals surface area contributed by atoms with Crippen LogP contribution >= 0.6 is 0 Å². The van der Waals surface area contributed by atoms with Gasteiger partial charge in [-0.3, -0.25) is 0 Å².